The summed E-state index contributed by atoms with van der Waals surface area (Å²) in [4.78, 5) is 14.4. The van der Waals surface area contributed by atoms with Crippen LogP contribution in [-0.2, 0) is 14.0 Å². The van der Waals surface area contributed by atoms with E-state index < -0.39 is 12.7 Å². The van der Waals surface area contributed by atoms with Gasteiger partial charge in [-0.1, -0.05) is 12.1 Å². The van der Waals surface area contributed by atoms with Crippen LogP contribution in [0.4, 0.5) is 4.79 Å². The number of carbonyl (C=O) groups excluding carboxylic acids is 1. The molecule has 0 spiro atoms. The molecular formula is C21H30BNO5. The Kier molecular flexibility index (Phi) is 4.29. The van der Waals surface area contributed by atoms with Crippen molar-refractivity contribution in [2.24, 2.45) is 0 Å². The number of hydrogen-bond acceptors (Lipinski definition) is 5. The number of hydrogen-bond donors (Lipinski definition) is 0. The highest BCUT2D eigenvalue weighted by Crippen LogP contribution is 2.44. The number of ether oxygens (including phenoxy) is 2. The van der Waals surface area contributed by atoms with E-state index in [1.54, 1.807) is 4.90 Å². The third kappa shape index (κ3) is 3.28. The maximum Gasteiger partial charge on any atom is 0.494 e. The zero-order valence-electron chi connectivity index (χ0n) is 17.9. The summed E-state index contributed by atoms with van der Waals surface area (Å²) in [5.41, 5.74) is 0.655. The minimum absolute atomic E-state index is 0.0152. The Balaban J connectivity index is 1.58. The molecule has 0 aromatic heterocycles. The molecule has 3 aliphatic rings. The molecule has 2 fully saturated rings. The summed E-state index contributed by atoms with van der Waals surface area (Å²) in [6.07, 6.45) is 0.493. The molecule has 2 bridgehead atoms. The first-order valence-corrected chi connectivity index (χ1v) is 10.0. The molecule has 28 heavy (non-hydrogen) atoms. The minimum atomic E-state index is -0.516. The molecule has 2 saturated heterocycles. The average molecular weight is 387 g/mol. The second-order valence-corrected chi connectivity index (χ2v) is 10.0. The molecule has 3 aliphatic heterocycles. The highest BCUT2D eigenvalue weighted by Gasteiger charge is 2.52. The molecular weight excluding hydrogens is 357 g/mol. The van der Waals surface area contributed by atoms with Crippen LogP contribution in [0.2, 0.25) is 0 Å². The summed E-state index contributed by atoms with van der Waals surface area (Å²) >= 11 is 0. The van der Waals surface area contributed by atoms with Gasteiger partial charge in [-0.05, 0) is 60.0 Å². The molecule has 4 rings (SSSR count). The third-order valence-corrected chi connectivity index (χ3v) is 6.11. The van der Waals surface area contributed by atoms with Crippen molar-refractivity contribution < 1.29 is 23.6 Å². The first-order valence-electron chi connectivity index (χ1n) is 10.0. The highest BCUT2D eigenvalue weighted by atomic mass is 16.7. The van der Waals surface area contributed by atoms with Gasteiger partial charge in [-0.25, -0.2) is 4.79 Å². The number of nitrogens with zero attached hydrogens (tertiary/aromatic N) is 1. The van der Waals surface area contributed by atoms with Crippen LogP contribution in [0.5, 0.6) is 5.75 Å². The third-order valence-electron chi connectivity index (χ3n) is 6.11. The van der Waals surface area contributed by atoms with Gasteiger partial charge in [0.25, 0.3) is 0 Å². The summed E-state index contributed by atoms with van der Waals surface area (Å²) in [6, 6.07) is 6.01. The molecule has 0 radical (unpaired) electrons. The Morgan fingerprint density at radius 3 is 2.43 bits per heavy atom. The fourth-order valence-corrected chi connectivity index (χ4v) is 3.93. The summed E-state index contributed by atoms with van der Waals surface area (Å²) in [7, 11) is -0.430. The maximum atomic E-state index is 12.6. The van der Waals surface area contributed by atoms with Crippen LogP contribution in [0.25, 0.3) is 0 Å². The zero-order valence-corrected chi connectivity index (χ0v) is 17.9. The van der Waals surface area contributed by atoms with Gasteiger partial charge >= 0.3 is 13.2 Å². The second-order valence-electron chi connectivity index (χ2n) is 10.0. The van der Waals surface area contributed by atoms with E-state index in [-0.39, 0.29) is 29.4 Å². The number of benzene rings is 1. The van der Waals surface area contributed by atoms with Crippen molar-refractivity contribution in [1.29, 1.82) is 0 Å². The first kappa shape index (κ1) is 19.6. The Morgan fingerprint density at radius 1 is 1.18 bits per heavy atom. The van der Waals surface area contributed by atoms with Gasteiger partial charge in [0.15, 0.2) is 0 Å². The molecule has 0 saturated carbocycles. The Bertz CT molecular complexity index is 784. The number of rotatable bonds is 1. The molecule has 1 aromatic rings. The fourth-order valence-electron chi connectivity index (χ4n) is 3.93. The summed E-state index contributed by atoms with van der Waals surface area (Å²) < 4.78 is 24.1. The molecule has 0 unspecified atom stereocenters. The molecule has 2 atom stereocenters. The van der Waals surface area contributed by atoms with E-state index in [9.17, 15) is 4.79 Å². The monoisotopic (exact) mass is 387 g/mol. The van der Waals surface area contributed by atoms with Gasteiger partial charge in [-0.15, -0.1) is 0 Å². The normalized spacial score (nSPS) is 27.4. The van der Waals surface area contributed by atoms with E-state index in [2.05, 4.69) is 0 Å². The van der Waals surface area contributed by atoms with Crippen molar-refractivity contribution in [2.75, 3.05) is 6.54 Å². The first-order chi connectivity index (χ1) is 12.9. The van der Waals surface area contributed by atoms with Gasteiger partial charge < -0.3 is 18.8 Å². The SMILES string of the molecule is CC(C)(C)OC(=O)N1C[C@@H]2C[C@H]1c1ccc(B3OC(C)(C)C(C)(C)O3)cc1O2. The van der Waals surface area contributed by atoms with Gasteiger partial charge in [0.1, 0.15) is 17.5 Å². The molecule has 1 aromatic carbocycles. The lowest BCUT2D eigenvalue weighted by Gasteiger charge is -2.32. The van der Waals surface area contributed by atoms with Crippen molar-refractivity contribution in [2.45, 2.75) is 83.8 Å². The predicted octanol–water partition coefficient (Wildman–Crippen LogP) is 3.43. The van der Waals surface area contributed by atoms with Crippen molar-refractivity contribution in [1.82, 2.24) is 4.90 Å². The van der Waals surface area contributed by atoms with Crippen LogP contribution in [0, 0.1) is 0 Å². The van der Waals surface area contributed by atoms with Crippen LogP contribution < -0.4 is 10.2 Å². The number of carbonyl (C=O) groups is 1. The average Bonchev–Trinajstić information content (AvgIpc) is 3.00. The minimum Gasteiger partial charge on any atom is -0.488 e. The Labute approximate surface area is 167 Å². The second kappa shape index (κ2) is 6.13. The van der Waals surface area contributed by atoms with Crippen molar-refractivity contribution >= 4 is 18.7 Å². The van der Waals surface area contributed by atoms with Gasteiger partial charge in [0.2, 0.25) is 0 Å². The Hall–Kier alpha value is -1.73. The molecule has 0 aliphatic carbocycles. The summed E-state index contributed by atoms with van der Waals surface area (Å²) in [5.74, 6) is 0.805. The molecule has 0 N–H and O–H groups in total. The van der Waals surface area contributed by atoms with E-state index in [1.165, 1.54) is 0 Å². The van der Waals surface area contributed by atoms with E-state index in [0.29, 0.717) is 6.54 Å². The maximum absolute atomic E-state index is 12.6. The van der Waals surface area contributed by atoms with Crippen LogP contribution in [0.15, 0.2) is 18.2 Å². The highest BCUT2D eigenvalue weighted by molar-refractivity contribution is 6.62. The standard InChI is InChI=1S/C21H30BNO5/c1-19(2,3)26-18(24)23-12-14-11-16(23)15-9-8-13(10-17(15)25-14)22-27-20(4,5)21(6,7)28-22/h8-10,14,16H,11-12H2,1-7H3/t14-,16-/m0/s1. The van der Waals surface area contributed by atoms with Crippen LogP contribution in [-0.4, -0.2) is 47.6 Å². The number of amides is 1. The van der Waals surface area contributed by atoms with E-state index in [0.717, 1.165) is 23.2 Å². The molecule has 3 heterocycles. The lowest BCUT2D eigenvalue weighted by atomic mass is 9.78. The Morgan fingerprint density at radius 2 is 1.82 bits per heavy atom. The molecule has 1 amide bonds. The summed E-state index contributed by atoms with van der Waals surface area (Å²) in [5, 5.41) is 0. The van der Waals surface area contributed by atoms with Crippen LogP contribution in [0.1, 0.15) is 66.5 Å². The van der Waals surface area contributed by atoms with Crippen molar-refractivity contribution in [3.8, 4) is 5.75 Å². The molecule has 152 valence electrons. The quantitative estimate of drug-likeness (QED) is 0.691. The lowest BCUT2D eigenvalue weighted by Crippen LogP contribution is -2.41. The van der Waals surface area contributed by atoms with Gasteiger partial charge in [-0.2, -0.15) is 0 Å². The van der Waals surface area contributed by atoms with E-state index >= 15 is 0 Å². The van der Waals surface area contributed by atoms with E-state index in [1.807, 2.05) is 66.7 Å². The lowest BCUT2D eigenvalue weighted by molar-refractivity contribution is 0.00578. The van der Waals surface area contributed by atoms with Gasteiger partial charge in [0, 0.05) is 12.0 Å². The smallest absolute Gasteiger partial charge is 0.488 e. The number of fused-ring (bicyclic) bond motifs is 4. The summed E-state index contributed by atoms with van der Waals surface area (Å²) in [6.45, 7) is 14.4. The van der Waals surface area contributed by atoms with Crippen LogP contribution >= 0.6 is 0 Å². The van der Waals surface area contributed by atoms with E-state index in [4.69, 9.17) is 18.8 Å². The molecule has 6 nitrogen and oxygen atoms in total. The molecule has 7 heteroatoms. The van der Waals surface area contributed by atoms with Crippen molar-refractivity contribution in [3.05, 3.63) is 23.8 Å². The van der Waals surface area contributed by atoms with Crippen LogP contribution in [0.3, 0.4) is 0 Å². The fraction of sp³-hybridized carbons (Fsp3) is 0.667. The zero-order chi connectivity index (χ0) is 20.5. The topological polar surface area (TPSA) is 57.2 Å². The van der Waals surface area contributed by atoms with Gasteiger partial charge in [0.05, 0.1) is 23.8 Å². The predicted molar refractivity (Wildman–Crippen MR) is 107 cm³/mol. The largest absolute Gasteiger partial charge is 0.494 e. The number of likely N-dealkylation sites (tertiary alicyclic amines) is 1. The van der Waals surface area contributed by atoms with Gasteiger partial charge in [-0.3, -0.25) is 4.90 Å². The van der Waals surface area contributed by atoms with Crippen molar-refractivity contribution in [3.63, 3.8) is 0 Å².